The second-order valence-electron chi connectivity index (χ2n) is 3.09. The quantitative estimate of drug-likeness (QED) is 0.511. The molecule has 0 aliphatic heterocycles. The zero-order valence-electron chi connectivity index (χ0n) is 6.72. The standard InChI is InChI=1S/C10H16/c1-3-5-10-7-6-9(4-2)8-10/h3-5,9-10H,2,6-8H2,1H3. The predicted octanol–water partition coefficient (Wildman–Crippen LogP) is 3.16. The van der Waals surface area contributed by atoms with Crippen LogP contribution in [0, 0.1) is 11.8 Å². The number of hydrogen-bond acceptors (Lipinski definition) is 0. The van der Waals surface area contributed by atoms with E-state index in [0.29, 0.717) is 0 Å². The van der Waals surface area contributed by atoms with E-state index in [0.717, 1.165) is 11.8 Å². The highest BCUT2D eigenvalue weighted by Crippen LogP contribution is 2.31. The molecule has 1 rings (SSSR count). The Morgan fingerprint density at radius 1 is 1.30 bits per heavy atom. The van der Waals surface area contributed by atoms with E-state index in [1.54, 1.807) is 0 Å². The van der Waals surface area contributed by atoms with Gasteiger partial charge in [0.05, 0.1) is 0 Å². The second kappa shape index (κ2) is 3.60. The van der Waals surface area contributed by atoms with E-state index in [1.165, 1.54) is 19.3 Å². The maximum atomic E-state index is 3.81. The van der Waals surface area contributed by atoms with E-state index in [4.69, 9.17) is 0 Å². The molecule has 0 saturated heterocycles. The van der Waals surface area contributed by atoms with Crippen molar-refractivity contribution in [2.24, 2.45) is 11.8 Å². The molecule has 0 bridgehead atoms. The van der Waals surface area contributed by atoms with Crippen LogP contribution in [0.1, 0.15) is 26.2 Å². The fraction of sp³-hybridized carbons (Fsp3) is 0.600. The molecule has 56 valence electrons. The molecule has 1 fully saturated rings. The monoisotopic (exact) mass is 136 g/mol. The molecule has 10 heavy (non-hydrogen) atoms. The van der Waals surface area contributed by atoms with Crippen molar-refractivity contribution in [3.63, 3.8) is 0 Å². The molecule has 0 radical (unpaired) electrons. The van der Waals surface area contributed by atoms with Crippen LogP contribution in [0.4, 0.5) is 0 Å². The van der Waals surface area contributed by atoms with Crippen LogP contribution < -0.4 is 0 Å². The summed E-state index contributed by atoms with van der Waals surface area (Å²) in [6, 6.07) is 0. The average Bonchev–Trinajstić information content (AvgIpc) is 2.37. The van der Waals surface area contributed by atoms with Gasteiger partial charge in [0.15, 0.2) is 0 Å². The number of allylic oxidation sites excluding steroid dienone is 3. The van der Waals surface area contributed by atoms with E-state index in [1.807, 2.05) is 0 Å². The zero-order chi connectivity index (χ0) is 7.40. The van der Waals surface area contributed by atoms with Crippen LogP contribution >= 0.6 is 0 Å². The molecule has 2 unspecified atom stereocenters. The Kier molecular flexibility index (Phi) is 2.73. The molecule has 0 heterocycles. The molecule has 2 atom stereocenters. The largest absolute Gasteiger partial charge is 0.103 e. The van der Waals surface area contributed by atoms with Gasteiger partial charge in [0.25, 0.3) is 0 Å². The summed E-state index contributed by atoms with van der Waals surface area (Å²) in [6.45, 7) is 5.91. The first-order chi connectivity index (χ1) is 4.86. The van der Waals surface area contributed by atoms with Gasteiger partial charge in [0, 0.05) is 0 Å². The lowest BCUT2D eigenvalue weighted by Crippen LogP contribution is -1.88. The maximum Gasteiger partial charge on any atom is -0.0228 e. The van der Waals surface area contributed by atoms with Crippen molar-refractivity contribution in [1.29, 1.82) is 0 Å². The molecule has 1 aliphatic rings. The van der Waals surface area contributed by atoms with Crippen molar-refractivity contribution >= 4 is 0 Å². The summed E-state index contributed by atoms with van der Waals surface area (Å²) in [7, 11) is 0. The van der Waals surface area contributed by atoms with Gasteiger partial charge in [-0.2, -0.15) is 0 Å². The first kappa shape index (κ1) is 7.59. The molecular formula is C10H16. The summed E-state index contributed by atoms with van der Waals surface area (Å²) in [5, 5.41) is 0. The maximum absolute atomic E-state index is 3.81. The third kappa shape index (κ3) is 1.73. The van der Waals surface area contributed by atoms with Crippen LogP contribution in [0.25, 0.3) is 0 Å². The van der Waals surface area contributed by atoms with Crippen LogP contribution in [-0.2, 0) is 0 Å². The Bertz CT molecular complexity index is 133. The van der Waals surface area contributed by atoms with Crippen molar-refractivity contribution in [3.05, 3.63) is 24.8 Å². The summed E-state index contributed by atoms with van der Waals surface area (Å²) in [4.78, 5) is 0. The van der Waals surface area contributed by atoms with Crippen molar-refractivity contribution in [1.82, 2.24) is 0 Å². The Labute approximate surface area is 63.6 Å². The Morgan fingerprint density at radius 3 is 2.50 bits per heavy atom. The van der Waals surface area contributed by atoms with Crippen molar-refractivity contribution in [2.75, 3.05) is 0 Å². The first-order valence-corrected chi connectivity index (χ1v) is 4.12. The van der Waals surface area contributed by atoms with E-state index < -0.39 is 0 Å². The predicted molar refractivity (Wildman–Crippen MR) is 45.8 cm³/mol. The molecule has 0 heteroatoms. The lowest BCUT2D eigenvalue weighted by molar-refractivity contribution is 0.639. The fourth-order valence-corrected chi connectivity index (χ4v) is 1.71. The van der Waals surface area contributed by atoms with Crippen molar-refractivity contribution in [2.45, 2.75) is 26.2 Å². The van der Waals surface area contributed by atoms with Crippen LogP contribution in [-0.4, -0.2) is 0 Å². The minimum Gasteiger partial charge on any atom is -0.103 e. The van der Waals surface area contributed by atoms with Gasteiger partial charge in [-0.05, 0) is 38.0 Å². The SMILES string of the molecule is C=CC1CCC(C=CC)C1. The fourth-order valence-electron chi connectivity index (χ4n) is 1.71. The van der Waals surface area contributed by atoms with Gasteiger partial charge in [-0.15, -0.1) is 6.58 Å². The Hall–Kier alpha value is -0.520. The molecule has 1 saturated carbocycles. The number of rotatable bonds is 2. The lowest BCUT2D eigenvalue weighted by Gasteiger charge is -2.00. The molecular weight excluding hydrogens is 120 g/mol. The molecule has 0 spiro atoms. The highest BCUT2D eigenvalue weighted by molar-refractivity contribution is 4.95. The van der Waals surface area contributed by atoms with E-state index in [2.05, 4.69) is 31.7 Å². The topological polar surface area (TPSA) is 0 Å². The van der Waals surface area contributed by atoms with Gasteiger partial charge >= 0.3 is 0 Å². The molecule has 0 aromatic heterocycles. The van der Waals surface area contributed by atoms with Crippen molar-refractivity contribution < 1.29 is 0 Å². The molecule has 0 amide bonds. The zero-order valence-corrected chi connectivity index (χ0v) is 6.72. The molecule has 1 aliphatic carbocycles. The van der Waals surface area contributed by atoms with Gasteiger partial charge in [0.1, 0.15) is 0 Å². The van der Waals surface area contributed by atoms with Crippen LogP contribution in [0.15, 0.2) is 24.8 Å². The van der Waals surface area contributed by atoms with Crippen LogP contribution in [0.5, 0.6) is 0 Å². The van der Waals surface area contributed by atoms with Gasteiger partial charge < -0.3 is 0 Å². The Balaban J connectivity index is 2.35. The summed E-state index contributed by atoms with van der Waals surface area (Å²) in [5.74, 6) is 1.63. The van der Waals surface area contributed by atoms with E-state index in [-0.39, 0.29) is 0 Å². The minimum atomic E-state index is 0.793. The van der Waals surface area contributed by atoms with Crippen molar-refractivity contribution in [3.8, 4) is 0 Å². The summed E-state index contributed by atoms with van der Waals surface area (Å²) in [6.07, 6.45) is 10.6. The first-order valence-electron chi connectivity index (χ1n) is 4.12. The number of hydrogen-bond donors (Lipinski definition) is 0. The van der Waals surface area contributed by atoms with Crippen LogP contribution in [0.3, 0.4) is 0 Å². The summed E-state index contributed by atoms with van der Waals surface area (Å²) < 4.78 is 0. The summed E-state index contributed by atoms with van der Waals surface area (Å²) in [5.41, 5.74) is 0. The molecule has 0 nitrogen and oxygen atoms in total. The Morgan fingerprint density at radius 2 is 2.00 bits per heavy atom. The average molecular weight is 136 g/mol. The molecule has 0 aromatic carbocycles. The second-order valence-corrected chi connectivity index (χ2v) is 3.09. The highest BCUT2D eigenvalue weighted by atomic mass is 14.2. The van der Waals surface area contributed by atoms with E-state index in [9.17, 15) is 0 Å². The lowest BCUT2D eigenvalue weighted by atomic mass is 10.1. The summed E-state index contributed by atoms with van der Waals surface area (Å²) >= 11 is 0. The van der Waals surface area contributed by atoms with Gasteiger partial charge in [0.2, 0.25) is 0 Å². The smallest absolute Gasteiger partial charge is 0.0228 e. The minimum absolute atomic E-state index is 0.793. The van der Waals surface area contributed by atoms with Crippen LogP contribution in [0.2, 0.25) is 0 Å². The van der Waals surface area contributed by atoms with E-state index >= 15 is 0 Å². The van der Waals surface area contributed by atoms with Gasteiger partial charge in [-0.25, -0.2) is 0 Å². The van der Waals surface area contributed by atoms with Gasteiger partial charge in [-0.3, -0.25) is 0 Å². The third-order valence-electron chi connectivity index (χ3n) is 2.31. The molecule has 0 aromatic rings. The van der Waals surface area contributed by atoms with Gasteiger partial charge in [-0.1, -0.05) is 18.2 Å². The normalized spacial score (nSPS) is 33.3. The third-order valence-corrected chi connectivity index (χ3v) is 2.31. The molecule has 0 N–H and O–H groups in total. The highest BCUT2D eigenvalue weighted by Gasteiger charge is 2.19.